The van der Waals surface area contributed by atoms with Gasteiger partial charge < -0.3 is 5.32 Å². The van der Waals surface area contributed by atoms with Crippen LogP contribution in [0.2, 0.25) is 10.3 Å². The molecular weight excluding hydrogens is 251 g/mol. The minimum absolute atomic E-state index is 0.294. The molecule has 0 saturated heterocycles. The Morgan fingerprint density at radius 1 is 1.31 bits per heavy atom. The summed E-state index contributed by atoms with van der Waals surface area (Å²) in [6.45, 7) is 1.32. The molecule has 2 aromatic rings. The van der Waals surface area contributed by atoms with E-state index >= 15 is 0 Å². The van der Waals surface area contributed by atoms with Gasteiger partial charge >= 0.3 is 0 Å². The van der Waals surface area contributed by atoms with E-state index in [9.17, 15) is 0 Å². The van der Waals surface area contributed by atoms with E-state index in [4.69, 9.17) is 23.2 Å². The maximum absolute atomic E-state index is 5.83. The molecule has 2 rings (SSSR count). The van der Waals surface area contributed by atoms with Crippen LogP contribution in [0, 0.1) is 0 Å². The standard InChI is InChI=1S/C8H8Cl2N6/c9-7-5-6(8(10)14-13-7)11-1-3-16-4-2-12-15-16/h2,4-5H,1,3H2,(H,11,13). The largest absolute Gasteiger partial charge is 0.381 e. The highest BCUT2D eigenvalue weighted by atomic mass is 35.5. The molecule has 1 N–H and O–H groups in total. The van der Waals surface area contributed by atoms with Crippen LogP contribution < -0.4 is 5.32 Å². The number of hydrogen-bond acceptors (Lipinski definition) is 5. The number of nitrogens with zero attached hydrogens (tertiary/aromatic N) is 5. The van der Waals surface area contributed by atoms with Gasteiger partial charge in [0.1, 0.15) is 0 Å². The third-order valence-corrected chi connectivity index (χ3v) is 2.31. The fourth-order valence-corrected chi connectivity index (χ4v) is 1.44. The third kappa shape index (κ3) is 2.80. The lowest BCUT2D eigenvalue weighted by Crippen LogP contribution is -2.11. The van der Waals surface area contributed by atoms with Crippen LogP contribution >= 0.6 is 23.2 Å². The number of halogens is 2. The van der Waals surface area contributed by atoms with E-state index in [1.807, 2.05) is 0 Å². The second-order valence-electron chi connectivity index (χ2n) is 2.96. The summed E-state index contributed by atoms with van der Waals surface area (Å²) in [5.74, 6) is 0. The summed E-state index contributed by atoms with van der Waals surface area (Å²) in [7, 11) is 0. The van der Waals surface area contributed by atoms with E-state index in [-0.39, 0.29) is 0 Å². The summed E-state index contributed by atoms with van der Waals surface area (Å²) in [6.07, 6.45) is 3.40. The van der Waals surface area contributed by atoms with Crippen molar-refractivity contribution in [2.45, 2.75) is 6.54 Å². The molecule has 0 aliphatic heterocycles. The van der Waals surface area contributed by atoms with Crippen molar-refractivity contribution in [3.8, 4) is 0 Å². The first kappa shape index (κ1) is 11.1. The van der Waals surface area contributed by atoms with Crippen molar-refractivity contribution >= 4 is 28.9 Å². The van der Waals surface area contributed by atoms with Gasteiger partial charge in [0.05, 0.1) is 18.4 Å². The van der Waals surface area contributed by atoms with Gasteiger partial charge in [-0.25, -0.2) is 0 Å². The fraction of sp³-hybridized carbons (Fsp3) is 0.250. The normalized spacial score (nSPS) is 10.4. The Kier molecular flexibility index (Phi) is 3.53. The molecule has 2 aromatic heterocycles. The van der Waals surface area contributed by atoms with Gasteiger partial charge in [0.15, 0.2) is 10.3 Å². The summed E-state index contributed by atoms with van der Waals surface area (Å²) >= 11 is 11.5. The highest BCUT2D eigenvalue weighted by molar-refractivity contribution is 6.33. The highest BCUT2D eigenvalue weighted by Gasteiger charge is 2.03. The van der Waals surface area contributed by atoms with E-state index in [2.05, 4.69) is 25.8 Å². The second-order valence-corrected chi connectivity index (χ2v) is 3.71. The van der Waals surface area contributed by atoms with Crippen molar-refractivity contribution in [1.82, 2.24) is 25.2 Å². The van der Waals surface area contributed by atoms with Gasteiger partial charge in [0, 0.05) is 18.8 Å². The number of nitrogens with one attached hydrogen (secondary N) is 1. The van der Waals surface area contributed by atoms with E-state index in [0.29, 0.717) is 29.1 Å². The minimum atomic E-state index is 0.294. The van der Waals surface area contributed by atoms with Crippen molar-refractivity contribution in [3.63, 3.8) is 0 Å². The van der Waals surface area contributed by atoms with Crippen molar-refractivity contribution < 1.29 is 0 Å². The summed E-state index contributed by atoms with van der Waals surface area (Å²) in [5, 5.41) is 18.5. The third-order valence-electron chi connectivity index (χ3n) is 1.85. The molecule has 6 nitrogen and oxygen atoms in total. The molecule has 0 spiro atoms. The Labute approximate surface area is 102 Å². The fourth-order valence-electron chi connectivity index (χ4n) is 1.13. The molecule has 0 atom stereocenters. The summed E-state index contributed by atoms with van der Waals surface area (Å²) in [5.41, 5.74) is 0.654. The summed E-state index contributed by atoms with van der Waals surface area (Å²) < 4.78 is 1.71. The zero-order valence-corrected chi connectivity index (χ0v) is 9.65. The first-order chi connectivity index (χ1) is 7.75. The van der Waals surface area contributed by atoms with Crippen LogP contribution in [0.5, 0.6) is 0 Å². The molecule has 0 bridgehead atoms. The molecule has 16 heavy (non-hydrogen) atoms. The first-order valence-corrected chi connectivity index (χ1v) is 5.28. The Morgan fingerprint density at radius 2 is 2.19 bits per heavy atom. The number of hydrogen-bond donors (Lipinski definition) is 1. The van der Waals surface area contributed by atoms with Gasteiger partial charge in [0.2, 0.25) is 0 Å². The lowest BCUT2D eigenvalue weighted by molar-refractivity contribution is 0.609. The molecule has 0 aliphatic rings. The maximum atomic E-state index is 5.83. The minimum Gasteiger partial charge on any atom is -0.381 e. The zero-order valence-electron chi connectivity index (χ0n) is 8.14. The Morgan fingerprint density at radius 3 is 2.94 bits per heavy atom. The SMILES string of the molecule is Clc1cc(NCCn2ccnn2)c(Cl)nn1. The molecule has 0 fully saturated rings. The Bertz CT molecular complexity index is 458. The van der Waals surface area contributed by atoms with Gasteiger partial charge in [0.25, 0.3) is 0 Å². The van der Waals surface area contributed by atoms with E-state index < -0.39 is 0 Å². The Balaban J connectivity index is 1.92. The van der Waals surface area contributed by atoms with Crippen LogP contribution in [0.25, 0.3) is 0 Å². The Hall–Kier alpha value is -1.40. The summed E-state index contributed by atoms with van der Waals surface area (Å²) in [6, 6.07) is 1.62. The molecule has 0 aliphatic carbocycles. The summed E-state index contributed by atoms with van der Waals surface area (Å²) in [4.78, 5) is 0. The van der Waals surface area contributed by atoms with Crippen LogP contribution in [0.4, 0.5) is 5.69 Å². The van der Waals surface area contributed by atoms with Gasteiger partial charge in [-0.05, 0) is 0 Å². The van der Waals surface area contributed by atoms with Gasteiger partial charge in [-0.15, -0.1) is 15.3 Å². The molecule has 2 heterocycles. The lowest BCUT2D eigenvalue weighted by Gasteiger charge is -2.06. The molecule has 8 heteroatoms. The molecule has 0 amide bonds. The van der Waals surface area contributed by atoms with E-state index in [1.165, 1.54) is 0 Å². The lowest BCUT2D eigenvalue weighted by atomic mass is 10.4. The number of rotatable bonds is 4. The first-order valence-electron chi connectivity index (χ1n) is 4.52. The van der Waals surface area contributed by atoms with Gasteiger partial charge in [-0.2, -0.15) is 0 Å². The monoisotopic (exact) mass is 258 g/mol. The van der Waals surface area contributed by atoms with Crippen molar-refractivity contribution in [2.75, 3.05) is 11.9 Å². The molecule has 0 unspecified atom stereocenters. The van der Waals surface area contributed by atoms with Gasteiger partial charge in [-0.3, -0.25) is 4.68 Å². The molecule has 84 valence electrons. The smallest absolute Gasteiger partial charge is 0.174 e. The number of anilines is 1. The average Bonchev–Trinajstić information content (AvgIpc) is 2.76. The highest BCUT2D eigenvalue weighted by Crippen LogP contribution is 2.20. The van der Waals surface area contributed by atoms with Crippen LogP contribution in [-0.4, -0.2) is 31.7 Å². The van der Waals surface area contributed by atoms with Crippen molar-refractivity contribution in [2.24, 2.45) is 0 Å². The van der Waals surface area contributed by atoms with Crippen LogP contribution in [0.15, 0.2) is 18.5 Å². The van der Waals surface area contributed by atoms with Gasteiger partial charge in [-0.1, -0.05) is 28.4 Å². The van der Waals surface area contributed by atoms with Crippen LogP contribution in [-0.2, 0) is 6.54 Å². The molecule has 0 radical (unpaired) electrons. The molecule has 0 aromatic carbocycles. The topological polar surface area (TPSA) is 68.5 Å². The van der Waals surface area contributed by atoms with Crippen LogP contribution in [0.1, 0.15) is 0 Å². The maximum Gasteiger partial charge on any atom is 0.174 e. The molecule has 0 saturated carbocycles. The molecular formula is C8H8Cl2N6. The number of aromatic nitrogens is 5. The van der Waals surface area contributed by atoms with Crippen molar-refractivity contribution in [3.05, 3.63) is 28.8 Å². The van der Waals surface area contributed by atoms with E-state index in [1.54, 1.807) is 23.1 Å². The van der Waals surface area contributed by atoms with E-state index in [0.717, 1.165) is 0 Å². The average molecular weight is 259 g/mol. The second kappa shape index (κ2) is 5.09. The predicted octanol–water partition coefficient (Wildman–Crippen LogP) is 1.49. The van der Waals surface area contributed by atoms with Crippen LogP contribution in [0.3, 0.4) is 0 Å². The van der Waals surface area contributed by atoms with Crippen molar-refractivity contribution in [1.29, 1.82) is 0 Å². The quantitative estimate of drug-likeness (QED) is 0.900. The zero-order chi connectivity index (χ0) is 11.4. The predicted molar refractivity (Wildman–Crippen MR) is 60.6 cm³/mol.